The van der Waals surface area contributed by atoms with E-state index in [1.807, 2.05) is 25.1 Å². The van der Waals surface area contributed by atoms with Crippen LogP contribution in [0.25, 0.3) is 6.08 Å². The van der Waals surface area contributed by atoms with E-state index in [1.54, 1.807) is 57.2 Å². The number of ether oxygens (including phenoxy) is 1. The van der Waals surface area contributed by atoms with E-state index in [9.17, 15) is 19.6 Å². The molecule has 1 aromatic heterocycles. The molecular formula is C27H25N3O4. The van der Waals surface area contributed by atoms with Gasteiger partial charge in [0, 0.05) is 16.9 Å². The summed E-state index contributed by atoms with van der Waals surface area (Å²) in [7, 11) is 0. The van der Waals surface area contributed by atoms with E-state index in [0.29, 0.717) is 33.6 Å². The van der Waals surface area contributed by atoms with Gasteiger partial charge in [0.25, 0.3) is 5.91 Å². The Kier molecular flexibility index (Phi) is 7.44. The van der Waals surface area contributed by atoms with Crippen LogP contribution < -0.4 is 5.32 Å². The van der Waals surface area contributed by atoms with Crippen molar-refractivity contribution >= 4 is 29.4 Å². The maximum absolute atomic E-state index is 13.1. The number of allylic oxidation sites excluding steroid dienone is 1. The first kappa shape index (κ1) is 24.2. The van der Waals surface area contributed by atoms with Crippen LogP contribution in [0.4, 0.5) is 5.69 Å². The van der Waals surface area contributed by atoms with E-state index in [4.69, 9.17) is 4.74 Å². The van der Waals surface area contributed by atoms with Crippen LogP contribution in [0.2, 0.25) is 0 Å². The number of esters is 1. The molecule has 0 fully saturated rings. The number of carbonyl (C=O) groups is 3. The number of nitrogens with zero attached hydrogens (tertiary/aromatic N) is 1. The van der Waals surface area contributed by atoms with Gasteiger partial charge in [-0.05, 0) is 69.2 Å². The van der Waals surface area contributed by atoms with Gasteiger partial charge in [-0.25, -0.2) is 4.79 Å². The predicted octanol–water partition coefficient (Wildman–Crippen LogP) is 5.16. The molecule has 0 aliphatic carbocycles. The zero-order valence-electron chi connectivity index (χ0n) is 19.5. The molecule has 0 atom stereocenters. The van der Waals surface area contributed by atoms with Crippen LogP contribution in [0.15, 0.2) is 54.1 Å². The number of benzene rings is 2. The van der Waals surface area contributed by atoms with Gasteiger partial charge in [0.05, 0.1) is 17.9 Å². The van der Waals surface area contributed by atoms with E-state index < -0.39 is 11.8 Å². The summed E-state index contributed by atoms with van der Waals surface area (Å²) in [6.45, 7) is 7.17. The lowest BCUT2D eigenvalue weighted by Crippen LogP contribution is -2.11. The van der Waals surface area contributed by atoms with Gasteiger partial charge in [-0.3, -0.25) is 9.59 Å². The molecule has 0 saturated heterocycles. The van der Waals surface area contributed by atoms with Crippen molar-refractivity contribution in [2.24, 2.45) is 0 Å². The highest BCUT2D eigenvalue weighted by molar-refractivity contribution is 6.15. The van der Waals surface area contributed by atoms with Crippen molar-refractivity contribution in [3.8, 4) is 6.07 Å². The smallest absolute Gasteiger partial charge is 0.340 e. The number of rotatable bonds is 7. The molecular weight excluding hydrogens is 430 g/mol. The molecule has 34 heavy (non-hydrogen) atoms. The number of hydrogen-bond donors (Lipinski definition) is 2. The summed E-state index contributed by atoms with van der Waals surface area (Å²) in [6, 6.07) is 16.0. The number of amides is 1. The van der Waals surface area contributed by atoms with Crippen LogP contribution in [0.3, 0.4) is 0 Å². The lowest BCUT2D eigenvalue weighted by atomic mass is 10.0. The normalized spacial score (nSPS) is 11.0. The number of aryl methyl sites for hydroxylation is 2. The van der Waals surface area contributed by atoms with Crippen molar-refractivity contribution in [2.75, 3.05) is 11.9 Å². The summed E-state index contributed by atoms with van der Waals surface area (Å²) in [6.07, 6.45) is 1.45. The first-order valence-corrected chi connectivity index (χ1v) is 10.8. The molecule has 7 heteroatoms. The highest BCUT2D eigenvalue weighted by Crippen LogP contribution is 2.23. The van der Waals surface area contributed by atoms with E-state index in [0.717, 1.165) is 5.56 Å². The molecule has 7 nitrogen and oxygen atoms in total. The molecule has 3 rings (SSSR count). The molecule has 1 amide bonds. The van der Waals surface area contributed by atoms with Gasteiger partial charge in [0.15, 0.2) is 0 Å². The second-order valence-electron chi connectivity index (χ2n) is 7.79. The van der Waals surface area contributed by atoms with E-state index >= 15 is 0 Å². The van der Waals surface area contributed by atoms with Gasteiger partial charge in [-0.2, -0.15) is 5.26 Å². The van der Waals surface area contributed by atoms with Crippen molar-refractivity contribution in [3.63, 3.8) is 0 Å². The highest BCUT2D eigenvalue weighted by atomic mass is 16.5. The molecule has 0 aliphatic rings. The third-order valence-electron chi connectivity index (χ3n) is 5.28. The number of nitrogens with one attached hydrogen (secondary N) is 2. The molecule has 1 heterocycles. The van der Waals surface area contributed by atoms with Gasteiger partial charge in [0.2, 0.25) is 5.78 Å². The summed E-state index contributed by atoms with van der Waals surface area (Å²) in [4.78, 5) is 40.7. The van der Waals surface area contributed by atoms with E-state index in [-0.39, 0.29) is 23.8 Å². The van der Waals surface area contributed by atoms with Gasteiger partial charge in [-0.15, -0.1) is 0 Å². The van der Waals surface area contributed by atoms with Crippen LogP contribution in [0.5, 0.6) is 0 Å². The Bertz CT molecular complexity index is 1320. The van der Waals surface area contributed by atoms with Crippen LogP contribution in [0, 0.1) is 32.1 Å². The van der Waals surface area contributed by atoms with Crippen LogP contribution in [-0.2, 0) is 4.74 Å². The Morgan fingerprint density at radius 3 is 2.44 bits per heavy atom. The largest absolute Gasteiger partial charge is 0.462 e. The number of nitriles is 1. The summed E-state index contributed by atoms with van der Waals surface area (Å²) < 4.78 is 5.06. The number of hydrogen-bond acceptors (Lipinski definition) is 5. The molecule has 0 bridgehead atoms. The topological polar surface area (TPSA) is 112 Å². The number of anilines is 1. The van der Waals surface area contributed by atoms with Crippen molar-refractivity contribution in [3.05, 3.63) is 93.3 Å². The van der Waals surface area contributed by atoms with Crippen molar-refractivity contribution in [1.29, 1.82) is 5.26 Å². The Hall–Kier alpha value is -4.44. The predicted molar refractivity (Wildman–Crippen MR) is 130 cm³/mol. The Balaban J connectivity index is 1.86. The average Bonchev–Trinajstić information content (AvgIpc) is 3.11. The minimum Gasteiger partial charge on any atom is -0.462 e. The average molecular weight is 456 g/mol. The lowest BCUT2D eigenvalue weighted by Gasteiger charge is -2.07. The van der Waals surface area contributed by atoms with Crippen LogP contribution >= 0.6 is 0 Å². The molecule has 0 radical (unpaired) electrons. The standard InChI is InChI=1S/C27H25N3O4/c1-5-34-27(33)23-17(3)24(29-18(23)4)25(31)21(15-28)13-19-7-6-8-22(14-19)30-26(32)20-11-9-16(2)10-12-20/h6-14,29H,5H2,1-4H3,(H,30,32)/b21-13+. The van der Waals surface area contributed by atoms with Gasteiger partial charge < -0.3 is 15.0 Å². The number of Topliss-reactive ketones (excluding diaryl/α,β-unsaturated/α-hetero) is 1. The lowest BCUT2D eigenvalue weighted by molar-refractivity contribution is 0.0525. The molecule has 2 N–H and O–H groups in total. The van der Waals surface area contributed by atoms with Crippen molar-refractivity contribution < 1.29 is 19.1 Å². The maximum Gasteiger partial charge on any atom is 0.340 e. The van der Waals surface area contributed by atoms with E-state index in [2.05, 4.69) is 10.3 Å². The highest BCUT2D eigenvalue weighted by Gasteiger charge is 2.24. The van der Waals surface area contributed by atoms with Crippen LogP contribution in [0.1, 0.15) is 60.5 Å². The molecule has 3 aromatic rings. The van der Waals surface area contributed by atoms with Crippen molar-refractivity contribution in [1.82, 2.24) is 4.98 Å². The van der Waals surface area contributed by atoms with E-state index in [1.165, 1.54) is 6.08 Å². The fourth-order valence-corrected chi connectivity index (χ4v) is 3.55. The fourth-order valence-electron chi connectivity index (χ4n) is 3.55. The van der Waals surface area contributed by atoms with Crippen LogP contribution in [-0.4, -0.2) is 29.3 Å². The molecule has 2 aromatic carbocycles. The molecule has 0 aliphatic heterocycles. The molecule has 0 unspecified atom stereocenters. The van der Waals surface area contributed by atoms with Gasteiger partial charge in [0.1, 0.15) is 11.6 Å². The first-order chi connectivity index (χ1) is 16.2. The number of carbonyl (C=O) groups excluding carboxylic acids is 3. The Labute approximate surface area is 198 Å². The monoisotopic (exact) mass is 455 g/mol. The minimum absolute atomic E-state index is 0.109. The number of aromatic amines is 1. The fraction of sp³-hybridized carbons (Fsp3) is 0.185. The molecule has 0 saturated carbocycles. The second kappa shape index (κ2) is 10.5. The Morgan fingerprint density at radius 1 is 1.09 bits per heavy atom. The quantitative estimate of drug-likeness (QED) is 0.221. The number of H-pyrrole nitrogens is 1. The number of aromatic nitrogens is 1. The zero-order chi connectivity index (χ0) is 24.8. The summed E-state index contributed by atoms with van der Waals surface area (Å²) in [5.74, 6) is -1.32. The minimum atomic E-state index is -0.534. The first-order valence-electron chi connectivity index (χ1n) is 10.8. The third-order valence-corrected chi connectivity index (χ3v) is 5.28. The summed E-state index contributed by atoms with van der Waals surface area (Å²) in [5, 5.41) is 12.5. The maximum atomic E-state index is 13.1. The van der Waals surface area contributed by atoms with Crippen molar-refractivity contribution in [2.45, 2.75) is 27.7 Å². The molecule has 172 valence electrons. The molecule has 0 spiro atoms. The van der Waals surface area contributed by atoms with Gasteiger partial charge in [-0.1, -0.05) is 29.8 Å². The number of ketones is 1. The zero-order valence-corrected chi connectivity index (χ0v) is 19.5. The van der Waals surface area contributed by atoms with Gasteiger partial charge >= 0.3 is 5.97 Å². The second-order valence-corrected chi connectivity index (χ2v) is 7.79. The SMILES string of the molecule is CCOC(=O)c1c(C)[nH]c(C(=O)/C(C#N)=C/c2cccc(NC(=O)c3ccc(C)cc3)c2)c1C. The summed E-state index contributed by atoms with van der Waals surface area (Å²) in [5.41, 5.74) is 3.95. The third kappa shape index (κ3) is 5.30. The summed E-state index contributed by atoms with van der Waals surface area (Å²) >= 11 is 0. The Morgan fingerprint density at radius 2 is 1.79 bits per heavy atom.